The number of rotatable bonds is 13. The quantitative estimate of drug-likeness (QED) is 0.125. The zero-order chi connectivity index (χ0) is 27.7. The molecule has 6 heteroatoms. The third-order valence-electron chi connectivity index (χ3n) is 7.26. The van der Waals surface area contributed by atoms with Gasteiger partial charge in [0, 0.05) is 59.9 Å². The van der Waals surface area contributed by atoms with Gasteiger partial charge in [0.1, 0.15) is 6.54 Å². The van der Waals surface area contributed by atoms with Crippen LogP contribution in [0.1, 0.15) is 50.7 Å². The zero-order valence-electron chi connectivity index (χ0n) is 23.4. The van der Waals surface area contributed by atoms with Crippen LogP contribution in [0.3, 0.4) is 0 Å². The molecule has 1 amide bonds. The lowest BCUT2D eigenvalue weighted by molar-refractivity contribution is -0.438. The number of hydrogen-bond donors (Lipinski definition) is 3. The zero-order valence-corrected chi connectivity index (χ0v) is 24.2. The maximum atomic E-state index is 11.9. The largest absolute Gasteiger partial charge is 0.356 e. The van der Waals surface area contributed by atoms with E-state index in [1.165, 1.54) is 27.4 Å². The molecule has 0 bridgehead atoms. The Bertz CT molecular complexity index is 1310. The molecule has 0 radical (unpaired) electrons. The summed E-state index contributed by atoms with van der Waals surface area (Å²) in [7, 11) is 0. The molecule has 39 heavy (non-hydrogen) atoms. The summed E-state index contributed by atoms with van der Waals surface area (Å²) in [4.78, 5) is 13.2. The van der Waals surface area contributed by atoms with E-state index in [1.54, 1.807) is 11.8 Å². The molecule has 0 atom stereocenters. The molecule has 3 aromatic carbocycles. The fourth-order valence-electron chi connectivity index (χ4n) is 5.10. The number of nitrogens with one attached hydrogen (secondary N) is 2. The van der Waals surface area contributed by atoms with Crippen LogP contribution < -0.4 is 16.4 Å². The minimum Gasteiger partial charge on any atom is -0.356 e. The SMILES string of the molecule is CSc1ccc(/C=C/C2=[N+](CCCCCC(=O)NCCN)c3ccc(Nc4ccccc4)cc3C2(C)C)cc1. The van der Waals surface area contributed by atoms with Gasteiger partial charge in [0.25, 0.3) is 0 Å². The van der Waals surface area contributed by atoms with Crippen molar-refractivity contribution < 1.29 is 9.37 Å². The van der Waals surface area contributed by atoms with E-state index in [9.17, 15) is 4.79 Å². The number of carbonyl (C=O) groups is 1. The Kier molecular flexibility index (Phi) is 10.0. The highest BCUT2D eigenvalue weighted by molar-refractivity contribution is 7.98. The first kappa shape index (κ1) is 28.7. The summed E-state index contributed by atoms with van der Waals surface area (Å²) in [5, 5.41) is 6.42. The lowest BCUT2D eigenvalue weighted by Crippen LogP contribution is -2.28. The number of para-hydroxylation sites is 1. The molecule has 4 N–H and O–H groups in total. The Morgan fingerprint density at radius 3 is 2.44 bits per heavy atom. The molecule has 4 rings (SSSR count). The second kappa shape index (κ2) is 13.6. The van der Waals surface area contributed by atoms with Crippen molar-refractivity contribution in [3.8, 4) is 0 Å². The topological polar surface area (TPSA) is 70.2 Å². The van der Waals surface area contributed by atoms with Crippen LogP contribution in [0.2, 0.25) is 0 Å². The van der Waals surface area contributed by atoms with Crippen molar-refractivity contribution in [2.45, 2.75) is 49.8 Å². The molecule has 3 aromatic rings. The fourth-order valence-corrected chi connectivity index (χ4v) is 5.51. The van der Waals surface area contributed by atoms with E-state index in [0.29, 0.717) is 19.5 Å². The van der Waals surface area contributed by atoms with Crippen molar-refractivity contribution in [1.29, 1.82) is 0 Å². The van der Waals surface area contributed by atoms with Gasteiger partial charge >= 0.3 is 0 Å². The van der Waals surface area contributed by atoms with Crippen LogP contribution in [0, 0.1) is 0 Å². The highest BCUT2D eigenvalue weighted by Gasteiger charge is 2.44. The van der Waals surface area contributed by atoms with Crippen LogP contribution in [0.25, 0.3) is 6.08 Å². The van der Waals surface area contributed by atoms with Crippen LogP contribution in [0.4, 0.5) is 17.1 Å². The Hall–Kier alpha value is -3.35. The van der Waals surface area contributed by atoms with Gasteiger partial charge in [-0.3, -0.25) is 4.79 Å². The second-order valence-corrected chi connectivity index (χ2v) is 11.3. The van der Waals surface area contributed by atoms with Crippen LogP contribution in [-0.4, -0.2) is 42.1 Å². The number of unbranched alkanes of at least 4 members (excludes halogenated alkanes) is 2. The lowest BCUT2D eigenvalue weighted by atomic mass is 9.81. The second-order valence-electron chi connectivity index (χ2n) is 10.4. The smallest absolute Gasteiger partial charge is 0.220 e. The summed E-state index contributed by atoms with van der Waals surface area (Å²) in [5.74, 6) is 0.0919. The molecule has 0 fully saturated rings. The van der Waals surface area contributed by atoms with Crippen molar-refractivity contribution in [2.75, 3.05) is 31.2 Å². The average Bonchev–Trinajstić information content (AvgIpc) is 3.16. The van der Waals surface area contributed by atoms with Gasteiger partial charge in [-0.25, -0.2) is 0 Å². The molecule has 1 aliphatic rings. The van der Waals surface area contributed by atoms with Gasteiger partial charge in [-0.1, -0.05) is 30.3 Å². The predicted octanol–water partition coefficient (Wildman–Crippen LogP) is 6.88. The molecule has 0 saturated carbocycles. The molecule has 0 spiro atoms. The van der Waals surface area contributed by atoms with Crippen molar-refractivity contribution in [3.05, 3.63) is 90.0 Å². The molecular weight excluding hydrogens is 500 g/mol. The van der Waals surface area contributed by atoms with Gasteiger partial charge in [-0.05, 0) is 81.0 Å². The number of hydrogen-bond acceptors (Lipinski definition) is 4. The van der Waals surface area contributed by atoms with Crippen molar-refractivity contribution >= 4 is 46.5 Å². The number of thioether (sulfide) groups is 1. The van der Waals surface area contributed by atoms with Crippen LogP contribution >= 0.6 is 11.8 Å². The van der Waals surface area contributed by atoms with E-state index in [0.717, 1.165) is 37.2 Å². The number of anilines is 2. The maximum Gasteiger partial charge on any atom is 0.220 e. The fraction of sp³-hybridized carbons (Fsp3) is 0.333. The highest BCUT2D eigenvalue weighted by Crippen LogP contribution is 2.42. The van der Waals surface area contributed by atoms with Gasteiger partial charge in [-0.15, -0.1) is 11.8 Å². The number of allylic oxidation sites excluding steroid dienone is 1. The summed E-state index contributed by atoms with van der Waals surface area (Å²) in [6.45, 7) is 6.57. The molecular formula is C33H41N4OS+. The maximum absolute atomic E-state index is 11.9. The van der Waals surface area contributed by atoms with Crippen LogP contribution in [0.15, 0.2) is 83.8 Å². The Balaban J connectivity index is 1.56. The number of benzene rings is 3. The monoisotopic (exact) mass is 541 g/mol. The highest BCUT2D eigenvalue weighted by atomic mass is 32.2. The average molecular weight is 542 g/mol. The standard InChI is InChI=1S/C33H40N4OS/c1-33(2)29-24-27(36-26-10-6-4-7-11-26)16-19-30(29)37(23-9-5-8-12-32(38)35-22-21-34)31(33)20-15-25-13-17-28(39-3)18-14-25/h4,6-7,10-11,13-20,24,36H,5,8-9,12,21-23,34H2,1-3H3/p+1/b20-15+. The minimum atomic E-state index is -0.151. The van der Waals surface area contributed by atoms with Crippen molar-refractivity contribution in [1.82, 2.24) is 5.32 Å². The van der Waals surface area contributed by atoms with Gasteiger partial charge in [-0.2, -0.15) is 4.58 Å². The molecule has 1 aliphatic heterocycles. The van der Waals surface area contributed by atoms with E-state index < -0.39 is 0 Å². The molecule has 204 valence electrons. The van der Waals surface area contributed by atoms with Gasteiger partial charge in [0.2, 0.25) is 11.6 Å². The predicted molar refractivity (Wildman–Crippen MR) is 167 cm³/mol. The van der Waals surface area contributed by atoms with Crippen molar-refractivity contribution in [2.24, 2.45) is 5.73 Å². The van der Waals surface area contributed by atoms with E-state index in [2.05, 4.69) is 102 Å². The van der Waals surface area contributed by atoms with E-state index in [1.807, 2.05) is 18.2 Å². The Morgan fingerprint density at radius 1 is 0.949 bits per heavy atom. The number of nitrogens with two attached hydrogens (primary N) is 1. The normalized spacial score (nSPS) is 14.1. The van der Waals surface area contributed by atoms with Crippen molar-refractivity contribution in [3.63, 3.8) is 0 Å². The van der Waals surface area contributed by atoms with E-state index in [4.69, 9.17) is 5.73 Å². The third kappa shape index (κ3) is 7.40. The summed E-state index contributed by atoms with van der Waals surface area (Å²) < 4.78 is 2.48. The van der Waals surface area contributed by atoms with Gasteiger partial charge in [0.05, 0.1) is 5.41 Å². The number of amides is 1. The van der Waals surface area contributed by atoms with E-state index >= 15 is 0 Å². The summed E-state index contributed by atoms with van der Waals surface area (Å²) >= 11 is 1.76. The molecule has 0 saturated heterocycles. The molecule has 0 aromatic heterocycles. The molecule has 0 unspecified atom stereocenters. The summed E-state index contributed by atoms with van der Waals surface area (Å²) in [5.41, 5.74) is 12.6. The first-order chi connectivity index (χ1) is 18.9. The van der Waals surface area contributed by atoms with Gasteiger partial charge < -0.3 is 16.4 Å². The summed E-state index contributed by atoms with van der Waals surface area (Å²) in [6, 6.07) is 25.7. The number of carbonyl (C=O) groups excluding carboxylic acids is 1. The third-order valence-corrected chi connectivity index (χ3v) is 8.00. The number of nitrogens with zero attached hydrogens (tertiary/aromatic N) is 1. The Labute approximate surface area is 237 Å². The molecule has 0 aliphatic carbocycles. The lowest BCUT2D eigenvalue weighted by Gasteiger charge is -2.17. The summed E-state index contributed by atoms with van der Waals surface area (Å²) in [6.07, 6.45) is 10.1. The molecule has 1 heterocycles. The van der Waals surface area contributed by atoms with Gasteiger partial charge in [0.15, 0.2) is 5.71 Å². The van der Waals surface area contributed by atoms with Crippen LogP contribution in [0.5, 0.6) is 0 Å². The Morgan fingerprint density at radius 2 is 1.72 bits per heavy atom. The molecule has 5 nitrogen and oxygen atoms in total. The first-order valence-electron chi connectivity index (χ1n) is 13.8. The first-order valence-corrected chi connectivity index (χ1v) is 15.1. The minimum absolute atomic E-state index is 0.0919. The van der Waals surface area contributed by atoms with Crippen LogP contribution in [-0.2, 0) is 10.2 Å². The number of fused-ring (bicyclic) bond motifs is 1. The van der Waals surface area contributed by atoms with E-state index in [-0.39, 0.29) is 11.3 Å².